The second-order valence-electron chi connectivity index (χ2n) is 8.00. The van der Waals surface area contributed by atoms with Crippen LogP contribution in [0.3, 0.4) is 0 Å². The lowest BCUT2D eigenvalue weighted by Crippen LogP contribution is -3.28. The molecule has 1 atom stereocenters. The highest BCUT2D eigenvalue weighted by Crippen LogP contribution is 2.36. The number of rotatable bonds is 5. The first-order valence-electron chi connectivity index (χ1n) is 10.5. The monoisotopic (exact) mass is 425 g/mol. The maximum absolute atomic E-state index is 11.1. The van der Waals surface area contributed by atoms with Crippen LogP contribution in [0.25, 0.3) is 16.5 Å². The maximum atomic E-state index is 11.1. The van der Waals surface area contributed by atoms with E-state index in [0.29, 0.717) is 16.5 Å². The number of nitrogens with zero attached hydrogens (tertiary/aromatic N) is 3. The zero-order valence-corrected chi connectivity index (χ0v) is 18.1. The predicted octanol–water partition coefficient (Wildman–Crippen LogP) is 0.958. The summed E-state index contributed by atoms with van der Waals surface area (Å²) in [5.74, 6) is 1.28. The van der Waals surface area contributed by atoms with Crippen LogP contribution in [0.5, 0.6) is 5.88 Å². The van der Waals surface area contributed by atoms with Crippen molar-refractivity contribution >= 4 is 16.3 Å². The summed E-state index contributed by atoms with van der Waals surface area (Å²) in [5.41, 5.74) is 2.46. The summed E-state index contributed by atoms with van der Waals surface area (Å²) >= 11 is 1.52. The number of thiazole rings is 1. The molecule has 1 aromatic carbocycles. The first kappa shape index (κ1) is 19.3. The number of benzene rings is 1. The van der Waals surface area contributed by atoms with Gasteiger partial charge in [0.2, 0.25) is 16.7 Å². The zero-order chi connectivity index (χ0) is 20.7. The third kappa shape index (κ3) is 3.40. The van der Waals surface area contributed by atoms with Crippen molar-refractivity contribution in [2.45, 2.75) is 19.9 Å². The minimum absolute atomic E-state index is 0.0737. The Morgan fingerprint density at radius 1 is 1.17 bits per heavy atom. The molecule has 156 valence electrons. The second kappa shape index (κ2) is 7.86. The van der Waals surface area contributed by atoms with E-state index >= 15 is 0 Å². The molecule has 0 bridgehead atoms. The van der Waals surface area contributed by atoms with E-state index in [2.05, 4.69) is 48.2 Å². The van der Waals surface area contributed by atoms with Gasteiger partial charge < -0.3 is 19.3 Å². The summed E-state index contributed by atoms with van der Waals surface area (Å²) in [6, 6.07) is 12.4. The van der Waals surface area contributed by atoms with Crippen LogP contribution in [0, 0.1) is 6.92 Å². The zero-order valence-electron chi connectivity index (χ0n) is 17.3. The smallest absolute Gasteiger partial charge is 0.235 e. The van der Waals surface area contributed by atoms with Gasteiger partial charge in [-0.15, -0.1) is 5.10 Å². The molecule has 0 amide bonds. The van der Waals surface area contributed by atoms with Crippen molar-refractivity contribution < 1.29 is 19.3 Å². The van der Waals surface area contributed by atoms with Crippen molar-refractivity contribution in [2.75, 3.05) is 32.7 Å². The number of likely N-dealkylation sites (N-methyl/N-ethyl adjacent to an activating group) is 1. The molecule has 0 saturated carbocycles. The van der Waals surface area contributed by atoms with Gasteiger partial charge in [0.25, 0.3) is 0 Å². The van der Waals surface area contributed by atoms with Gasteiger partial charge >= 0.3 is 0 Å². The van der Waals surface area contributed by atoms with Crippen LogP contribution in [-0.4, -0.2) is 52.4 Å². The Labute approximate surface area is 179 Å². The van der Waals surface area contributed by atoms with E-state index in [-0.39, 0.29) is 11.9 Å². The van der Waals surface area contributed by atoms with Gasteiger partial charge in [-0.3, -0.25) is 0 Å². The van der Waals surface area contributed by atoms with Crippen molar-refractivity contribution in [2.24, 2.45) is 0 Å². The summed E-state index contributed by atoms with van der Waals surface area (Å²) in [4.78, 5) is 9.35. The van der Waals surface area contributed by atoms with E-state index in [1.807, 2.05) is 12.1 Å². The van der Waals surface area contributed by atoms with Crippen molar-refractivity contribution in [3.63, 3.8) is 0 Å². The largest absolute Gasteiger partial charge is 0.492 e. The Morgan fingerprint density at radius 2 is 1.93 bits per heavy atom. The van der Waals surface area contributed by atoms with Crippen LogP contribution in [0.15, 0.2) is 47.1 Å². The van der Waals surface area contributed by atoms with Crippen molar-refractivity contribution in [1.82, 2.24) is 14.6 Å². The maximum Gasteiger partial charge on any atom is 0.235 e. The van der Waals surface area contributed by atoms with E-state index in [0.717, 1.165) is 31.1 Å². The van der Waals surface area contributed by atoms with Crippen LogP contribution < -0.4 is 9.80 Å². The van der Waals surface area contributed by atoms with Crippen molar-refractivity contribution in [1.29, 1.82) is 0 Å². The van der Waals surface area contributed by atoms with Crippen molar-refractivity contribution in [3.8, 4) is 17.5 Å². The van der Waals surface area contributed by atoms with Gasteiger partial charge in [-0.25, -0.2) is 0 Å². The van der Waals surface area contributed by atoms with Gasteiger partial charge in [-0.2, -0.15) is 9.50 Å². The molecule has 1 aliphatic rings. The molecule has 7 nitrogen and oxygen atoms in total. The standard InChI is InChI=1S/C22H25N5O2S/c1-3-25-10-12-26(13-11-25)18(16-8-6-15(2)7-9-16)19-21(28)27-22(30-19)23-20(24-27)17-5-4-14-29-17/h4-9,14,18,28H,3,10-13H2,1-2H3/p+2/t18-/m0/s1. The summed E-state index contributed by atoms with van der Waals surface area (Å²) in [7, 11) is 0. The number of piperazine rings is 1. The Hall–Kier alpha value is -2.68. The van der Waals surface area contributed by atoms with Crippen LogP contribution >= 0.6 is 11.3 Å². The predicted molar refractivity (Wildman–Crippen MR) is 115 cm³/mol. The van der Waals surface area contributed by atoms with Gasteiger partial charge in [0.15, 0.2) is 11.8 Å². The molecule has 30 heavy (non-hydrogen) atoms. The number of aromatic hydroxyl groups is 1. The number of hydrogen-bond acceptors (Lipinski definition) is 5. The Balaban J connectivity index is 1.55. The number of nitrogens with one attached hydrogen (secondary N) is 2. The molecule has 5 rings (SSSR count). The first-order chi connectivity index (χ1) is 14.6. The van der Waals surface area contributed by atoms with Gasteiger partial charge in [0, 0.05) is 5.56 Å². The Kier molecular flexibility index (Phi) is 5.06. The molecule has 0 radical (unpaired) electrons. The summed E-state index contributed by atoms with van der Waals surface area (Å²) < 4.78 is 6.96. The SMILES string of the molecule is CC[NH+]1CC[NH+]([C@@H](c2ccc(C)cc2)c2sc3nc(-c4ccco4)nn3c2O)CC1. The number of fused-ring (bicyclic) bond motifs is 1. The Bertz CT molecular complexity index is 1120. The fourth-order valence-electron chi connectivity index (χ4n) is 4.35. The molecule has 0 spiro atoms. The van der Waals surface area contributed by atoms with Crippen molar-refractivity contribution in [3.05, 3.63) is 58.7 Å². The summed E-state index contributed by atoms with van der Waals surface area (Å²) in [6.45, 7) is 9.97. The second-order valence-corrected chi connectivity index (χ2v) is 9.01. The molecule has 1 fully saturated rings. The highest BCUT2D eigenvalue weighted by molar-refractivity contribution is 7.17. The minimum atomic E-state index is 0.0737. The lowest BCUT2D eigenvalue weighted by Gasteiger charge is -2.34. The van der Waals surface area contributed by atoms with E-state index in [4.69, 9.17) is 4.42 Å². The van der Waals surface area contributed by atoms with Crippen LogP contribution in [-0.2, 0) is 0 Å². The third-order valence-electron chi connectivity index (χ3n) is 6.12. The molecule has 3 N–H and O–H groups in total. The highest BCUT2D eigenvalue weighted by Gasteiger charge is 2.36. The van der Waals surface area contributed by atoms with E-state index in [9.17, 15) is 5.11 Å². The number of aromatic nitrogens is 3. The van der Waals surface area contributed by atoms with Crippen LogP contribution in [0.4, 0.5) is 0 Å². The van der Waals surface area contributed by atoms with Crippen LogP contribution in [0.2, 0.25) is 0 Å². The lowest BCUT2D eigenvalue weighted by molar-refractivity contribution is -1.02. The number of hydrogen-bond donors (Lipinski definition) is 3. The molecule has 4 aromatic rings. The summed E-state index contributed by atoms with van der Waals surface area (Å²) in [6.07, 6.45) is 1.60. The van der Waals surface area contributed by atoms with E-state index in [1.54, 1.807) is 15.7 Å². The topological polar surface area (TPSA) is 72.4 Å². The minimum Gasteiger partial charge on any atom is -0.492 e. The van der Waals surface area contributed by atoms with Gasteiger partial charge in [0.1, 0.15) is 31.1 Å². The normalized spacial score (nSPS) is 20.6. The van der Waals surface area contributed by atoms with Crippen LogP contribution in [0.1, 0.15) is 29.0 Å². The average molecular weight is 426 g/mol. The fourth-order valence-corrected chi connectivity index (χ4v) is 5.49. The first-order valence-corrected chi connectivity index (χ1v) is 11.3. The molecular formula is C22H27N5O2S+2. The average Bonchev–Trinajstić information content (AvgIpc) is 3.49. The van der Waals surface area contributed by atoms with Gasteiger partial charge in [0.05, 0.1) is 12.8 Å². The Morgan fingerprint density at radius 3 is 2.57 bits per heavy atom. The number of furan rings is 1. The van der Waals surface area contributed by atoms with E-state index in [1.165, 1.54) is 33.9 Å². The number of quaternary nitrogens is 2. The molecule has 1 saturated heterocycles. The summed E-state index contributed by atoms with van der Waals surface area (Å²) in [5, 5.41) is 15.6. The molecular weight excluding hydrogens is 398 g/mol. The molecule has 8 heteroatoms. The van der Waals surface area contributed by atoms with Gasteiger partial charge in [-0.1, -0.05) is 41.2 Å². The lowest BCUT2D eigenvalue weighted by atomic mass is 10.0. The number of aryl methyl sites for hydroxylation is 1. The molecule has 0 aliphatic carbocycles. The molecule has 3 aromatic heterocycles. The quantitative estimate of drug-likeness (QED) is 0.445. The molecule has 1 aliphatic heterocycles. The van der Waals surface area contributed by atoms with E-state index < -0.39 is 0 Å². The van der Waals surface area contributed by atoms with Gasteiger partial charge in [-0.05, 0) is 26.0 Å². The molecule has 4 heterocycles. The molecule has 0 unspecified atom stereocenters. The third-order valence-corrected chi connectivity index (χ3v) is 7.21. The highest BCUT2D eigenvalue weighted by atomic mass is 32.1. The fraction of sp³-hybridized carbons (Fsp3) is 0.364.